The van der Waals surface area contributed by atoms with E-state index in [9.17, 15) is 13.2 Å². The van der Waals surface area contributed by atoms with E-state index in [4.69, 9.17) is 15.2 Å². The highest BCUT2D eigenvalue weighted by Gasteiger charge is 2.33. The molecule has 0 unspecified atom stereocenters. The zero-order valence-electron chi connectivity index (χ0n) is 10.3. The van der Waals surface area contributed by atoms with E-state index in [2.05, 4.69) is 9.97 Å². The van der Waals surface area contributed by atoms with Crippen molar-refractivity contribution in [2.45, 2.75) is 6.18 Å². The molecule has 2 aromatic rings. The molecule has 106 valence electrons. The third kappa shape index (κ3) is 3.08. The third-order valence-corrected chi connectivity index (χ3v) is 2.34. The summed E-state index contributed by atoms with van der Waals surface area (Å²) in [7, 11) is 1.46. The lowest BCUT2D eigenvalue weighted by molar-refractivity contribution is -0.141. The van der Waals surface area contributed by atoms with Crippen molar-refractivity contribution in [2.24, 2.45) is 0 Å². The smallest absolute Gasteiger partial charge is 0.433 e. The molecule has 0 bridgehead atoms. The number of ether oxygens (including phenoxy) is 2. The fourth-order valence-electron chi connectivity index (χ4n) is 1.39. The Hall–Kier alpha value is -2.51. The number of nitrogens with two attached hydrogens (primary N) is 1. The highest BCUT2D eigenvalue weighted by molar-refractivity contribution is 5.56. The van der Waals surface area contributed by atoms with Gasteiger partial charge in [-0.25, -0.2) is 4.98 Å². The van der Waals surface area contributed by atoms with Crippen LogP contribution in [0.1, 0.15) is 5.69 Å². The first-order valence-corrected chi connectivity index (χ1v) is 5.42. The molecular weight excluding hydrogens is 275 g/mol. The number of nitrogen functional groups attached to an aromatic ring is 1. The topological polar surface area (TPSA) is 70.3 Å². The van der Waals surface area contributed by atoms with Crippen LogP contribution in [0.5, 0.6) is 17.5 Å². The van der Waals surface area contributed by atoms with Crippen LogP contribution < -0.4 is 15.2 Å². The summed E-state index contributed by atoms with van der Waals surface area (Å²) >= 11 is 0. The van der Waals surface area contributed by atoms with E-state index in [-0.39, 0.29) is 11.4 Å². The van der Waals surface area contributed by atoms with Crippen LogP contribution in [0.2, 0.25) is 0 Å². The van der Waals surface area contributed by atoms with Crippen LogP contribution in [-0.4, -0.2) is 17.1 Å². The van der Waals surface area contributed by atoms with E-state index in [1.165, 1.54) is 19.2 Å². The van der Waals surface area contributed by atoms with Gasteiger partial charge in [0.2, 0.25) is 0 Å². The first kappa shape index (κ1) is 13.9. The van der Waals surface area contributed by atoms with Gasteiger partial charge in [0.1, 0.15) is 5.75 Å². The van der Waals surface area contributed by atoms with E-state index >= 15 is 0 Å². The lowest BCUT2D eigenvalue weighted by Gasteiger charge is -2.10. The molecular formula is C12H10F3N3O2. The van der Waals surface area contributed by atoms with Crippen molar-refractivity contribution in [3.05, 3.63) is 36.2 Å². The summed E-state index contributed by atoms with van der Waals surface area (Å²) < 4.78 is 47.6. The third-order valence-electron chi connectivity index (χ3n) is 2.34. The van der Waals surface area contributed by atoms with Gasteiger partial charge in [0.05, 0.1) is 12.8 Å². The second-order valence-corrected chi connectivity index (χ2v) is 3.73. The number of halogens is 3. The molecule has 1 aromatic carbocycles. The molecule has 8 heteroatoms. The van der Waals surface area contributed by atoms with Gasteiger partial charge in [-0.2, -0.15) is 18.2 Å². The van der Waals surface area contributed by atoms with Gasteiger partial charge in [-0.15, -0.1) is 0 Å². The van der Waals surface area contributed by atoms with Crippen LogP contribution in [0, 0.1) is 0 Å². The zero-order valence-corrected chi connectivity index (χ0v) is 10.3. The Morgan fingerprint density at radius 3 is 2.55 bits per heavy atom. The van der Waals surface area contributed by atoms with Crippen molar-refractivity contribution in [1.29, 1.82) is 0 Å². The van der Waals surface area contributed by atoms with Gasteiger partial charge in [-0.1, -0.05) is 0 Å². The van der Waals surface area contributed by atoms with Crippen LogP contribution in [-0.2, 0) is 6.18 Å². The molecule has 2 rings (SSSR count). The molecule has 0 saturated heterocycles. The van der Waals surface area contributed by atoms with Crippen LogP contribution in [0.3, 0.4) is 0 Å². The molecule has 0 spiro atoms. The van der Waals surface area contributed by atoms with Gasteiger partial charge in [-0.05, 0) is 18.2 Å². The van der Waals surface area contributed by atoms with Gasteiger partial charge in [0.25, 0.3) is 0 Å². The minimum absolute atomic E-state index is 0.144. The summed E-state index contributed by atoms with van der Waals surface area (Å²) in [5.74, 6) is 0.643. The predicted molar refractivity (Wildman–Crippen MR) is 64.5 cm³/mol. The number of aromatic nitrogens is 2. The first-order valence-electron chi connectivity index (χ1n) is 5.42. The molecule has 0 saturated carbocycles. The van der Waals surface area contributed by atoms with Gasteiger partial charge in [0, 0.05) is 12.3 Å². The number of rotatable bonds is 3. The maximum Gasteiger partial charge on any atom is 0.433 e. The normalized spacial score (nSPS) is 11.2. The van der Waals surface area contributed by atoms with E-state index in [0.717, 1.165) is 12.3 Å². The minimum atomic E-state index is -4.56. The molecule has 0 aliphatic rings. The van der Waals surface area contributed by atoms with E-state index in [0.29, 0.717) is 5.75 Å². The van der Waals surface area contributed by atoms with Crippen molar-refractivity contribution in [1.82, 2.24) is 9.97 Å². The Balaban J connectivity index is 2.26. The second kappa shape index (κ2) is 5.24. The molecule has 1 heterocycles. The minimum Gasteiger partial charge on any atom is -0.497 e. The van der Waals surface area contributed by atoms with E-state index in [1.54, 1.807) is 6.07 Å². The SMILES string of the molecule is COc1ccc(Oc2nccc(C(F)(F)F)n2)c(N)c1. The molecule has 0 fully saturated rings. The average molecular weight is 285 g/mol. The fraction of sp³-hybridized carbons (Fsp3) is 0.167. The number of hydrogen-bond acceptors (Lipinski definition) is 5. The second-order valence-electron chi connectivity index (χ2n) is 3.73. The molecule has 0 aliphatic heterocycles. The number of nitrogens with zero attached hydrogens (tertiary/aromatic N) is 2. The van der Waals surface area contributed by atoms with Crippen molar-refractivity contribution >= 4 is 5.69 Å². The highest BCUT2D eigenvalue weighted by Crippen LogP contribution is 2.31. The van der Waals surface area contributed by atoms with Gasteiger partial charge >= 0.3 is 12.2 Å². The maximum absolute atomic E-state index is 12.5. The van der Waals surface area contributed by atoms with Gasteiger partial charge < -0.3 is 15.2 Å². The Kier molecular flexibility index (Phi) is 3.64. The quantitative estimate of drug-likeness (QED) is 0.878. The molecule has 1 aromatic heterocycles. The summed E-state index contributed by atoms with van der Waals surface area (Å²) in [5, 5.41) is 0. The standard InChI is InChI=1S/C12H10F3N3O2/c1-19-7-2-3-9(8(16)6-7)20-11-17-5-4-10(18-11)12(13,14)15/h2-6H,16H2,1H3. The lowest BCUT2D eigenvalue weighted by Crippen LogP contribution is -2.09. The van der Waals surface area contributed by atoms with Crippen LogP contribution >= 0.6 is 0 Å². The predicted octanol–water partition coefficient (Wildman–Crippen LogP) is 2.88. The number of hydrogen-bond donors (Lipinski definition) is 1. The Morgan fingerprint density at radius 2 is 1.95 bits per heavy atom. The number of benzene rings is 1. The Bertz CT molecular complexity index is 617. The van der Waals surface area contributed by atoms with Crippen molar-refractivity contribution in [2.75, 3.05) is 12.8 Å². The molecule has 0 aliphatic carbocycles. The molecule has 2 N–H and O–H groups in total. The zero-order chi connectivity index (χ0) is 14.8. The summed E-state index contributed by atoms with van der Waals surface area (Å²) in [6, 6.07) is 4.81. The van der Waals surface area contributed by atoms with Crippen LogP contribution in [0.25, 0.3) is 0 Å². The number of alkyl halides is 3. The number of methoxy groups -OCH3 is 1. The highest BCUT2D eigenvalue weighted by atomic mass is 19.4. The fourth-order valence-corrected chi connectivity index (χ4v) is 1.39. The Labute approximate surface area is 112 Å². The lowest BCUT2D eigenvalue weighted by atomic mass is 10.3. The molecule has 20 heavy (non-hydrogen) atoms. The largest absolute Gasteiger partial charge is 0.497 e. The van der Waals surface area contributed by atoms with Crippen LogP contribution in [0.4, 0.5) is 18.9 Å². The first-order chi connectivity index (χ1) is 9.40. The Morgan fingerprint density at radius 1 is 1.20 bits per heavy atom. The van der Waals surface area contributed by atoms with Crippen molar-refractivity contribution in [3.63, 3.8) is 0 Å². The molecule has 5 nitrogen and oxygen atoms in total. The van der Waals surface area contributed by atoms with E-state index < -0.39 is 17.9 Å². The summed E-state index contributed by atoms with van der Waals surface area (Å²) in [6.07, 6.45) is -3.60. The molecule has 0 amide bonds. The van der Waals surface area contributed by atoms with Gasteiger partial charge in [-0.3, -0.25) is 0 Å². The molecule has 0 atom stereocenters. The van der Waals surface area contributed by atoms with Crippen LogP contribution in [0.15, 0.2) is 30.5 Å². The summed E-state index contributed by atoms with van der Waals surface area (Å²) in [6.45, 7) is 0. The average Bonchev–Trinajstić information content (AvgIpc) is 2.40. The number of anilines is 1. The summed E-state index contributed by atoms with van der Waals surface area (Å²) in [4.78, 5) is 6.89. The van der Waals surface area contributed by atoms with Crippen molar-refractivity contribution < 1.29 is 22.6 Å². The van der Waals surface area contributed by atoms with Gasteiger partial charge in [0.15, 0.2) is 11.4 Å². The monoisotopic (exact) mass is 285 g/mol. The molecule has 0 radical (unpaired) electrons. The van der Waals surface area contributed by atoms with Crippen molar-refractivity contribution in [3.8, 4) is 17.5 Å². The maximum atomic E-state index is 12.5. The summed E-state index contributed by atoms with van der Waals surface area (Å²) in [5.41, 5.74) is 4.80. The van der Waals surface area contributed by atoms with E-state index in [1.807, 2.05) is 0 Å².